The number of unbranched alkanes of at least 4 members (excludes halogenated alkanes) is 1. The van der Waals surface area contributed by atoms with Gasteiger partial charge in [-0.05, 0) is 23.5 Å². The molecule has 2 rings (SSSR count). The van der Waals surface area contributed by atoms with Crippen LogP contribution >= 0.6 is 12.6 Å². The van der Waals surface area contributed by atoms with E-state index in [9.17, 15) is 19.5 Å². The Labute approximate surface area is 202 Å². The van der Waals surface area contributed by atoms with Gasteiger partial charge in [0.15, 0.2) is 0 Å². The number of carboxylic acid groups (broad SMARTS) is 1. The summed E-state index contributed by atoms with van der Waals surface area (Å²) < 4.78 is 0. The molecule has 0 aliphatic carbocycles. The van der Waals surface area contributed by atoms with Crippen LogP contribution in [0.4, 0.5) is 0 Å². The lowest BCUT2D eigenvalue weighted by atomic mass is 9.91. The van der Waals surface area contributed by atoms with E-state index in [4.69, 9.17) is 5.73 Å². The summed E-state index contributed by atoms with van der Waals surface area (Å²) in [7, 11) is 0. The average Bonchev–Trinajstić information content (AvgIpc) is 2.79. The molecule has 0 unspecified atom stereocenters. The van der Waals surface area contributed by atoms with Crippen molar-refractivity contribution in [3.63, 3.8) is 0 Å². The molecule has 8 nitrogen and oxygen atoms in total. The number of fused-ring (bicyclic) bond motifs is 1. The molecule has 0 bridgehead atoms. The van der Waals surface area contributed by atoms with Crippen LogP contribution in [0.15, 0.2) is 24.3 Å². The number of rotatable bonds is 12. The van der Waals surface area contributed by atoms with Gasteiger partial charge in [-0.2, -0.15) is 12.6 Å². The van der Waals surface area contributed by atoms with Crippen LogP contribution in [0, 0.1) is 5.92 Å². The number of hydrogen-bond donors (Lipinski definition) is 5. The summed E-state index contributed by atoms with van der Waals surface area (Å²) in [4.78, 5) is 40.2. The van der Waals surface area contributed by atoms with Crippen LogP contribution in [-0.4, -0.2) is 64.3 Å². The van der Waals surface area contributed by atoms with Crippen molar-refractivity contribution < 1.29 is 19.5 Å². The van der Waals surface area contributed by atoms with Crippen LogP contribution in [0.25, 0.3) is 0 Å². The minimum absolute atomic E-state index is 0.0261. The summed E-state index contributed by atoms with van der Waals surface area (Å²) >= 11 is 4.21. The molecule has 0 saturated carbocycles. The standard InChI is InChI=1S/C24H38N4O4S/c1-4-5-10-19(24(31)32)27-22(29)20-11-16-8-6-7-9-17(16)13-28(20)23(30)21(15(2)3)26-12-18(25)14-33/h6-9,15,18-21,26,33H,4-5,10-14,25H2,1-3H3,(H,27,29)(H,31,32)/t18-,19-,20+,21+/m1/s1. The first-order valence-corrected chi connectivity index (χ1v) is 12.3. The predicted molar refractivity (Wildman–Crippen MR) is 132 cm³/mol. The van der Waals surface area contributed by atoms with Gasteiger partial charge in [0.2, 0.25) is 11.8 Å². The van der Waals surface area contributed by atoms with E-state index in [1.165, 1.54) is 0 Å². The van der Waals surface area contributed by atoms with E-state index >= 15 is 0 Å². The third-order valence-electron chi connectivity index (χ3n) is 6.06. The molecule has 0 fully saturated rings. The number of carbonyl (C=O) groups excluding carboxylic acids is 2. The van der Waals surface area contributed by atoms with Crippen molar-refractivity contribution in [3.8, 4) is 0 Å². The van der Waals surface area contributed by atoms with E-state index in [2.05, 4.69) is 23.3 Å². The van der Waals surface area contributed by atoms with E-state index in [1.54, 1.807) is 4.90 Å². The maximum absolute atomic E-state index is 13.7. The van der Waals surface area contributed by atoms with Gasteiger partial charge in [0, 0.05) is 31.3 Å². The smallest absolute Gasteiger partial charge is 0.326 e. The second kappa shape index (κ2) is 13.0. The van der Waals surface area contributed by atoms with E-state index in [0.717, 1.165) is 17.5 Å². The first-order valence-electron chi connectivity index (χ1n) is 11.7. The zero-order valence-electron chi connectivity index (χ0n) is 19.8. The summed E-state index contributed by atoms with van der Waals surface area (Å²) in [5, 5.41) is 15.5. The molecular weight excluding hydrogens is 440 g/mol. The maximum atomic E-state index is 13.7. The third kappa shape index (κ3) is 7.45. The minimum Gasteiger partial charge on any atom is -0.480 e. The molecule has 4 atom stereocenters. The zero-order chi connectivity index (χ0) is 24.5. The Bertz CT molecular complexity index is 819. The summed E-state index contributed by atoms with van der Waals surface area (Å²) in [5.41, 5.74) is 7.96. The van der Waals surface area contributed by atoms with Gasteiger partial charge in [-0.15, -0.1) is 0 Å². The Morgan fingerprint density at radius 3 is 2.48 bits per heavy atom. The fraction of sp³-hybridized carbons (Fsp3) is 0.625. The third-order valence-corrected chi connectivity index (χ3v) is 6.53. The molecule has 1 aliphatic heterocycles. The van der Waals surface area contributed by atoms with E-state index < -0.39 is 30.0 Å². The first kappa shape index (κ1) is 27.1. The van der Waals surface area contributed by atoms with Crippen LogP contribution in [0.3, 0.4) is 0 Å². The summed E-state index contributed by atoms with van der Waals surface area (Å²) in [6, 6.07) is 5.26. The highest BCUT2D eigenvalue weighted by Crippen LogP contribution is 2.25. The van der Waals surface area contributed by atoms with Crippen LogP contribution in [0.2, 0.25) is 0 Å². The second-order valence-electron chi connectivity index (χ2n) is 9.07. The van der Waals surface area contributed by atoms with Gasteiger partial charge in [-0.3, -0.25) is 9.59 Å². The lowest BCUT2D eigenvalue weighted by Gasteiger charge is -2.39. The molecule has 0 saturated heterocycles. The van der Waals surface area contributed by atoms with Crippen molar-refractivity contribution >= 4 is 30.4 Å². The fourth-order valence-corrected chi connectivity index (χ4v) is 4.18. The van der Waals surface area contributed by atoms with Gasteiger partial charge in [0.1, 0.15) is 12.1 Å². The number of carbonyl (C=O) groups is 3. The van der Waals surface area contributed by atoms with Crippen LogP contribution in [0.5, 0.6) is 0 Å². The van der Waals surface area contributed by atoms with Gasteiger partial charge in [-0.25, -0.2) is 4.79 Å². The minimum atomic E-state index is -1.06. The summed E-state index contributed by atoms with van der Waals surface area (Å²) in [6.07, 6.45) is 2.22. The highest BCUT2D eigenvalue weighted by atomic mass is 32.1. The molecule has 33 heavy (non-hydrogen) atoms. The Balaban J connectivity index is 2.30. The average molecular weight is 479 g/mol. The van der Waals surface area contributed by atoms with Crippen LogP contribution in [0.1, 0.15) is 51.2 Å². The monoisotopic (exact) mass is 478 g/mol. The van der Waals surface area contributed by atoms with Crippen molar-refractivity contribution in [1.29, 1.82) is 0 Å². The molecule has 0 aromatic heterocycles. The van der Waals surface area contributed by atoms with E-state index in [0.29, 0.717) is 38.1 Å². The Morgan fingerprint density at radius 1 is 1.24 bits per heavy atom. The van der Waals surface area contributed by atoms with E-state index in [1.807, 2.05) is 45.0 Å². The van der Waals surface area contributed by atoms with Gasteiger partial charge in [-0.1, -0.05) is 57.9 Å². The maximum Gasteiger partial charge on any atom is 0.326 e. The summed E-state index contributed by atoms with van der Waals surface area (Å²) in [6.45, 7) is 6.58. The largest absolute Gasteiger partial charge is 0.480 e. The van der Waals surface area contributed by atoms with Crippen molar-refractivity contribution in [2.24, 2.45) is 11.7 Å². The normalized spacial score (nSPS) is 18.4. The number of carboxylic acids is 1. The number of nitrogens with zero attached hydrogens (tertiary/aromatic N) is 1. The number of nitrogens with two attached hydrogens (primary N) is 1. The molecule has 1 aliphatic rings. The molecule has 0 spiro atoms. The molecule has 1 aromatic carbocycles. The molecule has 184 valence electrons. The number of thiol groups is 1. The topological polar surface area (TPSA) is 125 Å². The Kier molecular flexibility index (Phi) is 10.7. The van der Waals surface area contributed by atoms with Gasteiger partial charge >= 0.3 is 5.97 Å². The highest BCUT2D eigenvalue weighted by Gasteiger charge is 2.39. The molecule has 0 radical (unpaired) electrons. The van der Waals surface area contributed by atoms with Crippen LogP contribution in [-0.2, 0) is 27.3 Å². The van der Waals surface area contributed by atoms with Crippen molar-refractivity contribution in [1.82, 2.24) is 15.5 Å². The highest BCUT2D eigenvalue weighted by molar-refractivity contribution is 7.80. The number of hydrogen-bond acceptors (Lipinski definition) is 6. The SMILES string of the molecule is CCCC[C@@H](NC(=O)[C@@H]1Cc2ccccc2CN1C(=O)[C@@H](NC[C@@H](N)CS)C(C)C)C(=O)O. The van der Waals surface area contributed by atoms with Crippen molar-refractivity contribution in [2.45, 2.75) is 77.2 Å². The first-order chi connectivity index (χ1) is 15.7. The van der Waals surface area contributed by atoms with Gasteiger partial charge in [0.05, 0.1) is 6.04 Å². The Hall–Kier alpha value is -2.10. The van der Waals surface area contributed by atoms with E-state index in [-0.39, 0.29) is 17.9 Å². The zero-order valence-corrected chi connectivity index (χ0v) is 20.7. The lowest BCUT2D eigenvalue weighted by molar-refractivity contribution is -0.147. The van der Waals surface area contributed by atoms with Crippen molar-refractivity contribution in [2.75, 3.05) is 12.3 Å². The number of aliphatic carboxylic acids is 1. The molecular formula is C24H38N4O4S. The van der Waals surface area contributed by atoms with Gasteiger partial charge in [0.25, 0.3) is 0 Å². The lowest BCUT2D eigenvalue weighted by Crippen LogP contribution is -2.60. The molecule has 2 amide bonds. The molecule has 5 N–H and O–H groups in total. The second-order valence-corrected chi connectivity index (χ2v) is 9.43. The van der Waals surface area contributed by atoms with Crippen LogP contribution < -0.4 is 16.4 Å². The number of amides is 2. The predicted octanol–water partition coefficient (Wildman–Crippen LogP) is 1.57. The summed E-state index contributed by atoms with van der Waals surface area (Å²) in [5.74, 6) is -1.22. The van der Waals surface area contributed by atoms with Gasteiger partial charge < -0.3 is 26.4 Å². The fourth-order valence-electron chi connectivity index (χ4n) is 4.05. The number of benzene rings is 1. The Morgan fingerprint density at radius 2 is 1.91 bits per heavy atom. The molecule has 1 aromatic rings. The number of nitrogens with one attached hydrogen (secondary N) is 2. The molecule has 9 heteroatoms. The van der Waals surface area contributed by atoms with Crippen molar-refractivity contribution in [3.05, 3.63) is 35.4 Å². The molecule has 1 heterocycles. The quantitative estimate of drug-likeness (QED) is 0.291.